The Balaban J connectivity index is 1.94. The summed E-state index contributed by atoms with van der Waals surface area (Å²) in [5, 5.41) is 13.0. The van der Waals surface area contributed by atoms with Gasteiger partial charge in [0.15, 0.2) is 0 Å². The Morgan fingerprint density at radius 3 is 2.52 bits per heavy atom. The standard InChI is InChI=1S/C16H30N2O2S/c1-13(18-8-10-21-11-9-18)15(20)17-16(2,12-19)14-6-4-3-5-7-14/h13-14,19H,3-12H2,1-2H3,(H,17,20). The van der Waals surface area contributed by atoms with Crippen LogP contribution in [0.2, 0.25) is 0 Å². The quantitative estimate of drug-likeness (QED) is 0.813. The lowest BCUT2D eigenvalue weighted by atomic mass is 9.76. The third-order valence-electron chi connectivity index (χ3n) is 5.22. The summed E-state index contributed by atoms with van der Waals surface area (Å²) in [6, 6.07) is -0.0969. The average molecular weight is 314 g/mol. The summed E-state index contributed by atoms with van der Waals surface area (Å²) in [6.07, 6.45) is 5.95. The minimum absolute atomic E-state index is 0.0337. The van der Waals surface area contributed by atoms with E-state index < -0.39 is 5.54 Å². The van der Waals surface area contributed by atoms with Crippen LogP contribution < -0.4 is 5.32 Å². The van der Waals surface area contributed by atoms with E-state index in [4.69, 9.17) is 0 Å². The topological polar surface area (TPSA) is 52.6 Å². The van der Waals surface area contributed by atoms with Gasteiger partial charge < -0.3 is 10.4 Å². The molecular weight excluding hydrogens is 284 g/mol. The predicted molar refractivity (Wildman–Crippen MR) is 88.6 cm³/mol. The maximum absolute atomic E-state index is 12.6. The van der Waals surface area contributed by atoms with E-state index in [1.807, 2.05) is 25.6 Å². The number of thioether (sulfide) groups is 1. The molecule has 2 rings (SSSR count). The van der Waals surface area contributed by atoms with Crippen LogP contribution in [0.4, 0.5) is 0 Å². The normalized spacial score (nSPS) is 26.0. The van der Waals surface area contributed by atoms with Crippen LogP contribution in [0.5, 0.6) is 0 Å². The number of amides is 1. The predicted octanol–water partition coefficient (Wildman–Crippen LogP) is 1.87. The van der Waals surface area contributed by atoms with E-state index in [1.54, 1.807) is 0 Å². The lowest BCUT2D eigenvalue weighted by Crippen LogP contribution is -2.59. The van der Waals surface area contributed by atoms with Crippen LogP contribution in [0, 0.1) is 5.92 Å². The molecule has 0 radical (unpaired) electrons. The maximum Gasteiger partial charge on any atom is 0.237 e. The molecule has 2 atom stereocenters. The second kappa shape index (κ2) is 7.84. The molecule has 2 N–H and O–H groups in total. The molecule has 2 unspecified atom stereocenters. The van der Waals surface area contributed by atoms with Gasteiger partial charge >= 0.3 is 0 Å². The SMILES string of the molecule is CC(C(=O)NC(C)(CO)C1CCCCC1)N1CCSCC1. The zero-order valence-corrected chi connectivity index (χ0v) is 14.3. The number of nitrogens with one attached hydrogen (secondary N) is 1. The summed E-state index contributed by atoms with van der Waals surface area (Å²) in [5.41, 5.74) is -0.462. The number of hydrogen-bond donors (Lipinski definition) is 2. The van der Waals surface area contributed by atoms with E-state index in [-0.39, 0.29) is 18.6 Å². The van der Waals surface area contributed by atoms with Crippen molar-refractivity contribution >= 4 is 17.7 Å². The van der Waals surface area contributed by atoms with Crippen molar-refractivity contribution in [1.82, 2.24) is 10.2 Å². The van der Waals surface area contributed by atoms with E-state index in [0.29, 0.717) is 5.92 Å². The van der Waals surface area contributed by atoms with Gasteiger partial charge in [0, 0.05) is 24.6 Å². The summed E-state index contributed by atoms with van der Waals surface area (Å²) < 4.78 is 0. The third-order valence-corrected chi connectivity index (χ3v) is 6.16. The number of carbonyl (C=O) groups is 1. The van der Waals surface area contributed by atoms with Crippen LogP contribution in [0.15, 0.2) is 0 Å². The fraction of sp³-hybridized carbons (Fsp3) is 0.938. The number of rotatable bonds is 5. The van der Waals surface area contributed by atoms with E-state index in [0.717, 1.165) is 37.4 Å². The Labute approximate surface area is 133 Å². The van der Waals surface area contributed by atoms with Gasteiger partial charge in [-0.3, -0.25) is 9.69 Å². The van der Waals surface area contributed by atoms with Gasteiger partial charge in [-0.25, -0.2) is 0 Å². The molecule has 0 spiro atoms. The van der Waals surface area contributed by atoms with Crippen LogP contribution in [0.25, 0.3) is 0 Å². The minimum Gasteiger partial charge on any atom is -0.394 e. The number of nitrogens with zero attached hydrogens (tertiary/aromatic N) is 1. The zero-order chi connectivity index (χ0) is 15.3. The molecule has 1 aliphatic heterocycles. The van der Waals surface area contributed by atoms with Crippen LogP contribution in [-0.2, 0) is 4.79 Å². The van der Waals surface area contributed by atoms with Gasteiger partial charge in [0.2, 0.25) is 5.91 Å². The molecule has 122 valence electrons. The molecule has 5 heteroatoms. The van der Waals surface area contributed by atoms with Gasteiger partial charge in [-0.05, 0) is 32.6 Å². The van der Waals surface area contributed by atoms with Crippen LogP contribution in [0.1, 0.15) is 46.0 Å². The van der Waals surface area contributed by atoms with Gasteiger partial charge in [-0.15, -0.1) is 0 Å². The molecule has 1 heterocycles. The zero-order valence-electron chi connectivity index (χ0n) is 13.4. The van der Waals surface area contributed by atoms with E-state index in [9.17, 15) is 9.90 Å². The third kappa shape index (κ3) is 4.36. The summed E-state index contributed by atoms with van der Waals surface area (Å²) in [7, 11) is 0. The average Bonchev–Trinajstić information content (AvgIpc) is 2.55. The number of hydrogen-bond acceptors (Lipinski definition) is 4. The van der Waals surface area contributed by atoms with Crippen molar-refractivity contribution < 1.29 is 9.90 Å². The van der Waals surface area contributed by atoms with Crippen molar-refractivity contribution in [1.29, 1.82) is 0 Å². The van der Waals surface area contributed by atoms with E-state index >= 15 is 0 Å². The van der Waals surface area contributed by atoms with Crippen LogP contribution >= 0.6 is 11.8 Å². The fourth-order valence-electron chi connectivity index (χ4n) is 3.53. The Hall–Kier alpha value is -0.260. The highest BCUT2D eigenvalue weighted by molar-refractivity contribution is 7.99. The number of aliphatic hydroxyl groups is 1. The molecule has 1 amide bonds. The smallest absolute Gasteiger partial charge is 0.237 e. The highest BCUT2D eigenvalue weighted by atomic mass is 32.2. The van der Waals surface area contributed by atoms with Crippen molar-refractivity contribution in [3.8, 4) is 0 Å². The van der Waals surface area contributed by atoms with Crippen molar-refractivity contribution in [2.24, 2.45) is 5.92 Å². The van der Waals surface area contributed by atoms with Crippen molar-refractivity contribution in [2.45, 2.75) is 57.5 Å². The number of aliphatic hydroxyl groups excluding tert-OH is 1. The van der Waals surface area contributed by atoms with Crippen LogP contribution in [-0.4, -0.2) is 58.7 Å². The van der Waals surface area contributed by atoms with Gasteiger partial charge in [0.05, 0.1) is 18.2 Å². The molecule has 2 aliphatic rings. The first kappa shape index (κ1) is 17.1. The molecular formula is C16H30N2O2S. The summed E-state index contributed by atoms with van der Waals surface area (Å²) in [4.78, 5) is 14.8. The van der Waals surface area contributed by atoms with Gasteiger partial charge in [-0.1, -0.05) is 19.3 Å². The molecule has 1 aliphatic carbocycles. The maximum atomic E-state index is 12.6. The Bertz CT molecular complexity index is 341. The van der Waals surface area contributed by atoms with E-state index in [1.165, 1.54) is 19.3 Å². The highest BCUT2D eigenvalue weighted by Gasteiger charge is 2.37. The first-order chi connectivity index (χ1) is 10.1. The second-order valence-electron chi connectivity index (χ2n) is 6.72. The van der Waals surface area contributed by atoms with Gasteiger partial charge in [-0.2, -0.15) is 11.8 Å². The molecule has 0 aromatic heterocycles. The van der Waals surface area contributed by atoms with E-state index in [2.05, 4.69) is 10.2 Å². The Morgan fingerprint density at radius 1 is 1.33 bits per heavy atom. The lowest BCUT2D eigenvalue weighted by Gasteiger charge is -2.41. The second-order valence-corrected chi connectivity index (χ2v) is 7.95. The fourth-order valence-corrected chi connectivity index (χ4v) is 4.46. The summed E-state index contributed by atoms with van der Waals surface area (Å²) >= 11 is 1.95. The summed E-state index contributed by atoms with van der Waals surface area (Å²) in [5.74, 6) is 2.70. The van der Waals surface area contributed by atoms with Crippen molar-refractivity contribution in [3.63, 3.8) is 0 Å². The van der Waals surface area contributed by atoms with Crippen LogP contribution in [0.3, 0.4) is 0 Å². The molecule has 4 nitrogen and oxygen atoms in total. The molecule has 1 saturated heterocycles. The largest absolute Gasteiger partial charge is 0.394 e. The lowest BCUT2D eigenvalue weighted by molar-refractivity contribution is -0.129. The van der Waals surface area contributed by atoms with Crippen molar-refractivity contribution in [2.75, 3.05) is 31.2 Å². The molecule has 0 aromatic rings. The molecule has 1 saturated carbocycles. The molecule has 21 heavy (non-hydrogen) atoms. The van der Waals surface area contributed by atoms with Gasteiger partial charge in [0.1, 0.15) is 0 Å². The minimum atomic E-state index is -0.462. The monoisotopic (exact) mass is 314 g/mol. The summed E-state index contributed by atoms with van der Waals surface area (Å²) in [6.45, 7) is 6.01. The highest BCUT2D eigenvalue weighted by Crippen LogP contribution is 2.32. The van der Waals surface area contributed by atoms with Crippen molar-refractivity contribution in [3.05, 3.63) is 0 Å². The van der Waals surface area contributed by atoms with Gasteiger partial charge in [0.25, 0.3) is 0 Å². The molecule has 0 bridgehead atoms. The number of carbonyl (C=O) groups excluding carboxylic acids is 1. The first-order valence-corrected chi connectivity index (χ1v) is 9.47. The molecule has 0 aromatic carbocycles. The Morgan fingerprint density at radius 2 is 1.95 bits per heavy atom. The molecule has 2 fully saturated rings. The first-order valence-electron chi connectivity index (χ1n) is 8.31. The Kier molecular flexibility index (Phi) is 6.38.